The molecule has 1 rings (SSSR count). The number of nitrogens with one attached hydrogen (secondary N) is 2. The SMILES string of the molecule is CCNC(=O)C(C)Nc1ccc(C(=O)OC)nn1. The maximum atomic E-state index is 11.5. The molecule has 0 aromatic carbocycles. The standard InChI is InChI=1S/C11H16N4O3/c1-4-12-10(16)7(2)13-9-6-5-8(14-15-9)11(17)18-3/h5-7H,4H2,1-3H3,(H,12,16)(H,13,15). The first-order valence-electron chi connectivity index (χ1n) is 5.54. The van der Waals surface area contributed by atoms with Crippen molar-refractivity contribution in [1.82, 2.24) is 15.5 Å². The largest absolute Gasteiger partial charge is 0.464 e. The van der Waals surface area contributed by atoms with Gasteiger partial charge in [-0.15, -0.1) is 10.2 Å². The lowest BCUT2D eigenvalue weighted by atomic mass is 10.3. The fourth-order valence-electron chi connectivity index (χ4n) is 1.24. The van der Waals surface area contributed by atoms with E-state index in [9.17, 15) is 9.59 Å². The van der Waals surface area contributed by atoms with Crippen LogP contribution in [-0.4, -0.2) is 41.8 Å². The maximum absolute atomic E-state index is 11.5. The van der Waals surface area contributed by atoms with Crippen LogP contribution in [0.4, 0.5) is 5.82 Å². The lowest BCUT2D eigenvalue weighted by molar-refractivity contribution is -0.121. The zero-order chi connectivity index (χ0) is 13.5. The van der Waals surface area contributed by atoms with Crippen molar-refractivity contribution in [2.24, 2.45) is 0 Å². The van der Waals surface area contributed by atoms with Crippen molar-refractivity contribution >= 4 is 17.7 Å². The Morgan fingerprint density at radius 2 is 2.11 bits per heavy atom. The van der Waals surface area contributed by atoms with E-state index in [2.05, 4.69) is 25.6 Å². The van der Waals surface area contributed by atoms with Crippen LogP contribution in [0.2, 0.25) is 0 Å². The van der Waals surface area contributed by atoms with Gasteiger partial charge in [0.15, 0.2) is 5.69 Å². The number of rotatable bonds is 5. The molecule has 1 aromatic heterocycles. The highest BCUT2D eigenvalue weighted by atomic mass is 16.5. The van der Waals surface area contributed by atoms with Gasteiger partial charge in [-0.3, -0.25) is 4.79 Å². The highest BCUT2D eigenvalue weighted by Gasteiger charge is 2.13. The summed E-state index contributed by atoms with van der Waals surface area (Å²) in [6, 6.07) is 2.61. The third-order valence-corrected chi connectivity index (χ3v) is 2.17. The van der Waals surface area contributed by atoms with E-state index in [1.54, 1.807) is 13.0 Å². The molecule has 1 heterocycles. The number of ether oxygens (including phenoxy) is 1. The van der Waals surface area contributed by atoms with Crippen LogP contribution >= 0.6 is 0 Å². The van der Waals surface area contributed by atoms with E-state index in [4.69, 9.17) is 0 Å². The number of carbonyl (C=O) groups is 2. The van der Waals surface area contributed by atoms with Crippen molar-refractivity contribution in [1.29, 1.82) is 0 Å². The molecule has 0 saturated heterocycles. The second kappa shape index (κ2) is 6.53. The average Bonchev–Trinajstić information content (AvgIpc) is 2.39. The fraction of sp³-hybridized carbons (Fsp3) is 0.455. The van der Waals surface area contributed by atoms with Gasteiger partial charge in [0.1, 0.15) is 11.9 Å². The zero-order valence-electron chi connectivity index (χ0n) is 10.6. The number of hydrogen-bond donors (Lipinski definition) is 2. The monoisotopic (exact) mass is 252 g/mol. The molecule has 0 spiro atoms. The molecule has 1 amide bonds. The van der Waals surface area contributed by atoms with Crippen LogP contribution in [0.25, 0.3) is 0 Å². The van der Waals surface area contributed by atoms with Crippen molar-refractivity contribution in [3.8, 4) is 0 Å². The Labute approximate surface area is 105 Å². The van der Waals surface area contributed by atoms with Crippen LogP contribution in [0, 0.1) is 0 Å². The van der Waals surface area contributed by atoms with Gasteiger partial charge >= 0.3 is 5.97 Å². The Bertz CT molecular complexity index is 419. The van der Waals surface area contributed by atoms with Crippen molar-refractivity contribution in [3.63, 3.8) is 0 Å². The third-order valence-electron chi connectivity index (χ3n) is 2.17. The highest BCUT2D eigenvalue weighted by molar-refractivity contribution is 5.87. The molecule has 1 unspecified atom stereocenters. The van der Waals surface area contributed by atoms with Gasteiger partial charge in [0.05, 0.1) is 7.11 Å². The number of carbonyl (C=O) groups excluding carboxylic acids is 2. The van der Waals surface area contributed by atoms with Crippen LogP contribution in [0.5, 0.6) is 0 Å². The van der Waals surface area contributed by atoms with Crippen LogP contribution in [0.1, 0.15) is 24.3 Å². The minimum atomic E-state index is -0.550. The summed E-state index contributed by atoms with van der Waals surface area (Å²) in [6.07, 6.45) is 0. The summed E-state index contributed by atoms with van der Waals surface area (Å²) in [5.41, 5.74) is 0.119. The molecular weight excluding hydrogens is 236 g/mol. The molecule has 0 bridgehead atoms. The Hall–Kier alpha value is -2.18. The quantitative estimate of drug-likeness (QED) is 0.727. The Balaban J connectivity index is 2.63. The smallest absolute Gasteiger partial charge is 0.358 e. The molecule has 1 atom stereocenters. The topological polar surface area (TPSA) is 93.2 Å². The van der Waals surface area contributed by atoms with Crippen molar-refractivity contribution < 1.29 is 14.3 Å². The van der Waals surface area contributed by atoms with Gasteiger partial charge in [0.25, 0.3) is 0 Å². The number of aromatic nitrogens is 2. The van der Waals surface area contributed by atoms with E-state index in [0.717, 1.165) is 0 Å². The van der Waals surface area contributed by atoms with Gasteiger partial charge in [-0.1, -0.05) is 0 Å². The second-order valence-corrected chi connectivity index (χ2v) is 3.56. The maximum Gasteiger partial charge on any atom is 0.358 e. The zero-order valence-corrected chi connectivity index (χ0v) is 10.6. The molecule has 7 nitrogen and oxygen atoms in total. The molecular formula is C11H16N4O3. The van der Waals surface area contributed by atoms with E-state index in [0.29, 0.717) is 12.4 Å². The number of nitrogens with zero attached hydrogens (tertiary/aromatic N) is 2. The number of hydrogen-bond acceptors (Lipinski definition) is 6. The van der Waals surface area contributed by atoms with E-state index in [-0.39, 0.29) is 11.6 Å². The molecule has 0 fully saturated rings. The highest BCUT2D eigenvalue weighted by Crippen LogP contribution is 2.04. The van der Waals surface area contributed by atoms with Gasteiger partial charge in [0.2, 0.25) is 5.91 Å². The number of anilines is 1. The predicted molar refractivity (Wildman–Crippen MR) is 65.1 cm³/mol. The van der Waals surface area contributed by atoms with E-state index in [1.165, 1.54) is 13.2 Å². The molecule has 98 valence electrons. The Morgan fingerprint density at radius 3 is 2.61 bits per heavy atom. The van der Waals surface area contributed by atoms with Crippen LogP contribution in [-0.2, 0) is 9.53 Å². The number of amides is 1. The fourth-order valence-corrected chi connectivity index (χ4v) is 1.24. The third kappa shape index (κ3) is 3.69. The summed E-state index contributed by atoms with van der Waals surface area (Å²) in [6.45, 7) is 4.12. The molecule has 1 aromatic rings. The predicted octanol–water partition coefficient (Wildman–Crippen LogP) is 0.200. The van der Waals surface area contributed by atoms with Gasteiger partial charge < -0.3 is 15.4 Å². The normalized spacial score (nSPS) is 11.5. The minimum Gasteiger partial charge on any atom is -0.464 e. The first kappa shape index (κ1) is 13.9. The van der Waals surface area contributed by atoms with Crippen LogP contribution in [0.3, 0.4) is 0 Å². The number of esters is 1. The van der Waals surface area contributed by atoms with E-state index in [1.807, 2.05) is 6.92 Å². The number of likely N-dealkylation sites (N-methyl/N-ethyl adjacent to an activating group) is 1. The molecule has 0 aliphatic rings. The van der Waals surface area contributed by atoms with Gasteiger partial charge in [-0.25, -0.2) is 4.79 Å². The Kier molecular flexibility index (Phi) is 5.04. The summed E-state index contributed by atoms with van der Waals surface area (Å²) in [5, 5.41) is 13.0. The summed E-state index contributed by atoms with van der Waals surface area (Å²) >= 11 is 0. The summed E-state index contributed by atoms with van der Waals surface area (Å²) in [7, 11) is 1.27. The van der Waals surface area contributed by atoms with E-state index >= 15 is 0 Å². The summed E-state index contributed by atoms with van der Waals surface area (Å²) in [4.78, 5) is 22.6. The average molecular weight is 252 g/mol. The van der Waals surface area contributed by atoms with Gasteiger partial charge in [-0.2, -0.15) is 0 Å². The minimum absolute atomic E-state index is 0.119. The molecule has 0 saturated carbocycles. The van der Waals surface area contributed by atoms with Crippen molar-refractivity contribution in [3.05, 3.63) is 17.8 Å². The van der Waals surface area contributed by atoms with E-state index < -0.39 is 12.0 Å². The second-order valence-electron chi connectivity index (χ2n) is 3.56. The molecule has 18 heavy (non-hydrogen) atoms. The molecule has 2 N–H and O–H groups in total. The summed E-state index contributed by atoms with van der Waals surface area (Å²) in [5.74, 6) is -0.261. The molecule has 0 radical (unpaired) electrons. The molecule has 7 heteroatoms. The van der Waals surface area contributed by atoms with Crippen LogP contribution in [0.15, 0.2) is 12.1 Å². The lowest BCUT2D eigenvalue weighted by Gasteiger charge is -2.13. The lowest BCUT2D eigenvalue weighted by Crippen LogP contribution is -2.37. The Morgan fingerprint density at radius 1 is 1.39 bits per heavy atom. The molecule has 0 aliphatic carbocycles. The summed E-state index contributed by atoms with van der Waals surface area (Å²) < 4.78 is 4.50. The van der Waals surface area contributed by atoms with Gasteiger partial charge in [-0.05, 0) is 26.0 Å². The van der Waals surface area contributed by atoms with Crippen molar-refractivity contribution in [2.45, 2.75) is 19.9 Å². The molecule has 0 aliphatic heterocycles. The van der Waals surface area contributed by atoms with Crippen LogP contribution < -0.4 is 10.6 Å². The first-order chi connectivity index (χ1) is 8.58. The first-order valence-corrected chi connectivity index (χ1v) is 5.54. The van der Waals surface area contributed by atoms with Crippen molar-refractivity contribution in [2.75, 3.05) is 19.0 Å². The number of methoxy groups -OCH3 is 1. The van der Waals surface area contributed by atoms with Gasteiger partial charge in [0, 0.05) is 6.54 Å².